The third kappa shape index (κ3) is 4.51. The molecule has 0 fully saturated rings. The first-order valence-corrected chi connectivity index (χ1v) is 6.88. The molecule has 7 heteroatoms. The van der Waals surface area contributed by atoms with Gasteiger partial charge in [0.05, 0.1) is 10.7 Å². The van der Waals surface area contributed by atoms with Crippen LogP contribution in [-0.4, -0.2) is 23.6 Å². The van der Waals surface area contributed by atoms with Gasteiger partial charge in [-0.2, -0.15) is 12.6 Å². The zero-order valence-electron chi connectivity index (χ0n) is 9.54. The highest BCUT2D eigenvalue weighted by atomic mass is 79.9. The predicted molar refractivity (Wildman–Crippen MR) is 79.2 cm³/mol. The summed E-state index contributed by atoms with van der Waals surface area (Å²) in [6.45, 7) is 1.34. The number of halogens is 2. The van der Waals surface area contributed by atoms with Gasteiger partial charge < -0.3 is 10.6 Å². The van der Waals surface area contributed by atoms with Gasteiger partial charge in [-0.25, -0.2) is 0 Å². The molecule has 0 saturated carbocycles. The molecule has 2 N–H and O–H groups in total. The molecular weight excluding hydrogens is 340 g/mol. The van der Waals surface area contributed by atoms with Crippen molar-refractivity contribution in [3.8, 4) is 0 Å². The predicted octanol–water partition coefficient (Wildman–Crippen LogP) is 2.48. The quantitative estimate of drug-likeness (QED) is 0.730. The minimum Gasteiger partial charge on any atom is -0.344 e. The number of anilines is 1. The average Bonchev–Trinajstić information content (AvgIpc) is 2.29. The Labute approximate surface area is 124 Å². The smallest absolute Gasteiger partial charge is 0.247 e. The van der Waals surface area contributed by atoms with E-state index >= 15 is 0 Å². The number of hydrogen-bond acceptors (Lipinski definition) is 3. The minimum absolute atomic E-state index is 0.208. The second-order valence-corrected chi connectivity index (χ2v) is 5.24. The second kappa shape index (κ2) is 7.01. The van der Waals surface area contributed by atoms with E-state index in [1.165, 1.54) is 6.92 Å². The Bertz CT molecular complexity index is 470. The van der Waals surface area contributed by atoms with Crippen LogP contribution in [0.2, 0.25) is 5.02 Å². The van der Waals surface area contributed by atoms with Crippen molar-refractivity contribution in [2.24, 2.45) is 0 Å². The Hall–Kier alpha value is -0.720. The van der Waals surface area contributed by atoms with E-state index < -0.39 is 6.04 Å². The topological polar surface area (TPSA) is 58.2 Å². The summed E-state index contributed by atoms with van der Waals surface area (Å²) < 4.78 is 0.818. The van der Waals surface area contributed by atoms with Crippen molar-refractivity contribution in [2.45, 2.75) is 13.0 Å². The Kier molecular flexibility index (Phi) is 5.98. The standard InChI is InChI=1S/C11H12BrClN2O2S/c1-6(16)14-10(5-18)11(17)15-9-3-2-7(12)4-8(9)13/h2-4,10,18H,5H2,1H3,(H,14,16)(H,15,17). The lowest BCUT2D eigenvalue weighted by molar-refractivity contribution is -0.124. The lowest BCUT2D eigenvalue weighted by Crippen LogP contribution is -2.44. The molecule has 1 unspecified atom stereocenters. The van der Waals surface area contributed by atoms with Gasteiger partial charge in [-0.3, -0.25) is 9.59 Å². The highest BCUT2D eigenvalue weighted by molar-refractivity contribution is 9.10. The van der Waals surface area contributed by atoms with E-state index in [0.717, 1.165) is 4.47 Å². The fourth-order valence-electron chi connectivity index (χ4n) is 1.25. The molecule has 0 aliphatic heterocycles. The van der Waals surface area contributed by atoms with Crippen molar-refractivity contribution in [3.05, 3.63) is 27.7 Å². The van der Waals surface area contributed by atoms with E-state index in [4.69, 9.17) is 11.6 Å². The highest BCUT2D eigenvalue weighted by Gasteiger charge is 2.18. The third-order valence-electron chi connectivity index (χ3n) is 2.07. The molecule has 0 bridgehead atoms. The molecule has 0 aliphatic rings. The molecule has 0 heterocycles. The van der Waals surface area contributed by atoms with E-state index in [9.17, 15) is 9.59 Å². The summed E-state index contributed by atoms with van der Waals surface area (Å²) in [7, 11) is 0. The molecule has 98 valence electrons. The van der Waals surface area contributed by atoms with Gasteiger partial charge >= 0.3 is 0 Å². The molecule has 18 heavy (non-hydrogen) atoms. The molecule has 2 amide bonds. The van der Waals surface area contributed by atoms with E-state index in [1.807, 2.05) is 0 Å². The fraction of sp³-hybridized carbons (Fsp3) is 0.273. The maximum Gasteiger partial charge on any atom is 0.247 e. The van der Waals surface area contributed by atoms with Gasteiger partial charge in [0.25, 0.3) is 0 Å². The molecule has 1 rings (SSSR count). The Morgan fingerprint density at radius 2 is 2.17 bits per heavy atom. The van der Waals surface area contributed by atoms with E-state index in [-0.39, 0.29) is 17.6 Å². The van der Waals surface area contributed by atoms with Crippen LogP contribution in [0.3, 0.4) is 0 Å². The van der Waals surface area contributed by atoms with Crippen LogP contribution in [0.1, 0.15) is 6.92 Å². The van der Waals surface area contributed by atoms with Crippen LogP contribution in [0.25, 0.3) is 0 Å². The minimum atomic E-state index is -0.689. The van der Waals surface area contributed by atoms with Crippen molar-refractivity contribution in [2.75, 3.05) is 11.1 Å². The zero-order chi connectivity index (χ0) is 13.7. The zero-order valence-corrected chi connectivity index (χ0v) is 12.8. The number of carbonyl (C=O) groups is 2. The number of carbonyl (C=O) groups excluding carboxylic acids is 2. The number of hydrogen-bond donors (Lipinski definition) is 3. The third-order valence-corrected chi connectivity index (χ3v) is 3.24. The summed E-state index contributed by atoms with van der Waals surface area (Å²) in [6, 6.07) is 4.42. The van der Waals surface area contributed by atoms with Crippen LogP contribution >= 0.6 is 40.2 Å². The van der Waals surface area contributed by atoms with Crippen LogP contribution in [0.4, 0.5) is 5.69 Å². The lowest BCUT2D eigenvalue weighted by Gasteiger charge is -2.16. The fourth-order valence-corrected chi connectivity index (χ4v) is 2.23. The average molecular weight is 352 g/mol. The van der Waals surface area contributed by atoms with Crippen molar-refractivity contribution >= 4 is 57.7 Å². The first-order chi connectivity index (χ1) is 8.43. The monoisotopic (exact) mass is 350 g/mol. The molecule has 0 aromatic heterocycles. The van der Waals surface area contributed by atoms with Crippen LogP contribution in [0.15, 0.2) is 22.7 Å². The summed E-state index contributed by atoms with van der Waals surface area (Å²) in [5, 5.41) is 5.55. The summed E-state index contributed by atoms with van der Waals surface area (Å²) in [4.78, 5) is 22.8. The van der Waals surface area contributed by atoms with Crippen LogP contribution < -0.4 is 10.6 Å². The first kappa shape index (κ1) is 15.3. The number of amides is 2. The van der Waals surface area contributed by atoms with Gasteiger partial charge in [0, 0.05) is 17.1 Å². The number of rotatable bonds is 4. The van der Waals surface area contributed by atoms with Gasteiger partial charge in [0.1, 0.15) is 6.04 Å². The second-order valence-electron chi connectivity index (χ2n) is 3.55. The number of nitrogens with one attached hydrogen (secondary N) is 2. The Morgan fingerprint density at radius 3 is 2.67 bits per heavy atom. The van der Waals surface area contributed by atoms with Gasteiger partial charge in [0.15, 0.2) is 0 Å². The Morgan fingerprint density at radius 1 is 1.50 bits per heavy atom. The van der Waals surface area contributed by atoms with Crippen molar-refractivity contribution < 1.29 is 9.59 Å². The van der Waals surface area contributed by atoms with Crippen LogP contribution in [0.5, 0.6) is 0 Å². The SMILES string of the molecule is CC(=O)NC(CS)C(=O)Nc1ccc(Br)cc1Cl. The molecule has 1 aromatic rings. The summed E-state index contributed by atoms with van der Waals surface area (Å²) in [5.74, 6) is -0.435. The van der Waals surface area contributed by atoms with Crippen molar-refractivity contribution in [1.29, 1.82) is 0 Å². The summed E-state index contributed by atoms with van der Waals surface area (Å²) in [6.07, 6.45) is 0. The highest BCUT2D eigenvalue weighted by Crippen LogP contribution is 2.25. The van der Waals surface area contributed by atoms with Crippen LogP contribution in [-0.2, 0) is 9.59 Å². The van der Waals surface area contributed by atoms with Gasteiger partial charge in [-0.15, -0.1) is 0 Å². The normalized spacial score (nSPS) is 11.8. The summed E-state index contributed by atoms with van der Waals surface area (Å²) >= 11 is 13.3. The van der Waals surface area contributed by atoms with Gasteiger partial charge in [-0.05, 0) is 18.2 Å². The van der Waals surface area contributed by atoms with Crippen LogP contribution in [0, 0.1) is 0 Å². The number of thiol groups is 1. The van der Waals surface area contributed by atoms with E-state index in [0.29, 0.717) is 10.7 Å². The Balaban J connectivity index is 2.76. The summed E-state index contributed by atoms with van der Waals surface area (Å²) in [5.41, 5.74) is 0.488. The molecule has 4 nitrogen and oxygen atoms in total. The lowest BCUT2D eigenvalue weighted by atomic mass is 10.2. The molecule has 0 aliphatic carbocycles. The molecule has 1 atom stereocenters. The van der Waals surface area contributed by atoms with Crippen molar-refractivity contribution in [1.82, 2.24) is 5.32 Å². The molecular formula is C11H12BrClN2O2S. The van der Waals surface area contributed by atoms with Gasteiger partial charge in [0.2, 0.25) is 11.8 Å². The van der Waals surface area contributed by atoms with E-state index in [1.54, 1.807) is 18.2 Å². The largest absolute Gasteiger partial charge is 0.344 e. The van der Waals surface area contributed by atoms with Crippen molar-refractivity contribution in [3.63, 3.8) is 0 Å². The number of benzene rings is 1. The molecule has 1 aromatic carbocycles. The molecule has 0 spiro atoms. The molecule has 0 radical (unpaired) electrons. The maximum atomic E-state index is 11.9. The van der Waals surface area contributed by atoms with Gasteiger partial charge in [-0.1, -0.05) is 27.5 Å². The first-order valence-electron chi connectivity index (χ1n) is 5.08. The molecule has 0 saturated heterocycles. The van der Waals surface area contributed by atoms with E-state index in [2.05, 4.69) is 39.2 Å². The maximum absolute atomic E-state index is 11.9.